The molecular weight excluding hydrogens is 432 g/mol. The molecule has 30 heavy (non-hydrogen) atoms. The number of methoxy groups -OCH3 is 1. The number of rotatable bonds is 5. The van der Waals surface area contributed by atoms with Crippen LogP contribution in [0.3, 0.4) is 0 Å². The first-order valence-corrected chi connectivity index (χ1v) is 11.0. The molecule has 0 bridgehead atoms. The molecule has 0 spiro atoms. The van der Waals surface area contributed by atoms with Gasteiger partial charge in [0.1, 0.15) is 11.6 Å². The van der Waals surface area contributed by atoms with Crippen LogP contribution >= 0.6 is 11.6 Å². The van der Waals surface area contributed by atoms with Crippen molar-refractivity contribution in [2.24, 2.45) is 11.1 Å². The summed E-state index contributed by atoms with van der Waals surface area (Å²) in [6, 6.07) is 7.06. The molecule has 2 aromatic rings. The minimum Gasteiger partial charge on any atom is -0.496 e. The van der Waals surface area contributed by atoms with Crippen LogP contribution in [0.25, 0.3) is 0 Å². The van der Waals surface area contributed by atoms with Crippen molar-refractivity contribution in [2.75, 3.05) is 25.5 Å². The van der Waals surface area contributed by atoms with E-state index in [2.05, 4.69) is 10.3 Å². The number of pyridine rings is 1. The van der Waals surface area contributed by atoms with Crippen LogP contribution < -0.4 is 15.2 Å². The number of carbonyl (C=O) groups is 2. The molecule has 9 nitrogen and oxygen atoms in total. The van der Waals surface area contributed by atoms with Crippen molar-refractivity contribution in [3.05, 3.63) is 47.1 Å². The number of likely N-dealkylation sites (tertiary alicyclic amines) is 1. The molecule has 1 saturated heterocycles. The van der Waals surface area contributed by atoms with E-state index in [0.717, 1.165) is 0 Å². The Morgan fingerprint density at radius 3 is 2.70 bits per heavy atom. The summed E-state index contributed by atoms with van der Waals surface area (Å²) in [6.45, 7) is 0.617. The minimum absolute atomic E-state index is 0.0736. The van der Waals surface area contributed by atoms with Crippen molar-refractivity contribution in [2.45, 2.75) is 17.7 Å². The quantitative estimate of drug-likeness (QED) is 0.711. The Kier molecular flexibility index (Phi) is 6.59. The molecular formula is C19H21ClN4O5S. The van der Waals surface area contributed by atoms with Crippen LogP contribution in [0.4, 0.5) is 5.82 Å². The predicted molar refractivity (Wildman–Crippen MR) is 111 cm³/mol. The second kappa shape index (κ2) is 8.99. The Balaban J connectivity index is 1.77. The highest BCUT2D eigenvalue weighted by Crippen LogP contribution is 2.26. The zero-order chi connectivity index (χ0) is 21.9. The molecule has 3 rings (SSSR count). The number of nitrogens with zero attached hydrogens (tertiary/aromatic N) is 2. The molecule has 1 aromatic heterocycles. The van der Waals surface area contributed by atoms with Gasteiger partial charge in [-0.05, 0) is 43.2 Å². The van der Waals surface area contributed by atoms with E-state index in [1.165, 1.54) is 36.4 Å². The van der Waals surface area contributed by atoms with Gasteiger partial charge in [0.25, 0.3) is 5.91 Å². The van der Waals surface area contributed by atoms with Gasteiger partial charge in [0.05, 0.1) is 28.5 Å². The summed E-state index contributed by atoms with van der Waals surface area (Å²) < 4.78 is 28.5. The van der Waals surface area contributed by atoms with Gasteiger partial charge >= 0.3 is 0 Å². The van der Waals surface area contributed by atoms with Crippen LogP contribution in [-0.4, -0.2) is 50.3 Å². The number of aromatic nitrogens is 1. The first-order valence-electron chi connectivity index (χ1n) is 9.11. The van der Waals surface area contributed by atoms with E-state index in [-0.39, 0.29) is 28.7 Å². The molecule has 11 heteroatoms. The summed E-state index contributed by atoms with van der Waals surface area (Å²) in [5.41, 5.74) is 0.0736. The second-order valence-corrected chi connectivity index (χ2v) is 8.85. The topological polar surface area (TPSA) is 132 Å². The summed E-state index contributed by atoms with van der Waals surface area (Å²) in [5, 5.41) is 8.36. The molecule has 1 aliphatic rings. The number of amides is 2. The monoisotopic (exact) mass is 452 g/mol. The summed E-state index contributed by atoms with van der Waals surface area (Å²) in [4.78, 5) is 31.1. The zero-order valence-electron chi connectivity index (χ0n) is 16.2. The van der Waals surface area contributed by atoms with E-state index in [9.17, 15) is 18.0 Å². The SMILES string of the molecule is COc1ccc(S(N)(=O)=O)cc1C(=O)N1CCCC(C(=O)Nc2ccc(Cl)cn2)C1. The maximum atomic E-state index is 13.1. The van der Waals surface area contributed by atoms with Gasteiger partial charge in [0, 0.05) is 19.3 Å². The molecule has 1 aromatic carbocycles. The number of anilines is 1. The van der Waals surface area contributed by atoms with Gasteiger partial charge in [0.15, 0.2) is 0 Å². The lowest BCUT2D eigenvalue weighted by molar-refractivity contribution is -0.121. The van der Waals surface area contributed by atoms with Gasteiger partial charge in [-0.3, -0.25) is 9.59 Å². The Morgan fingerprint density at radius 2 is 2.07 bits per heavy atom. The number of carbonyl (C=O) groups excluding carboxylic acids is 2. The largest absolute Gasteiger partial charge is 0.496 e. The molecule has 1 aliphatic heterocycles. The molecule has 0 aliphatic carbocycles. The Labute approximate surface area is 179 Å². The number of primary sulfonamides is 1. The van der Waals surface area contributed by atoms with Gasteiger partial charge < -0.3 is 15.0 Å². The van der Waals surface area contributed by atoms with Crippen molar-refractivity contribution >= 4 is 39.3 Å². The number of hydrogen-bond donors (Lipinski definition) is 2. The van der Waals surface area contributed by atoms with Crippen molar-refractivity contribution < 1.29 is 22.7 Å². The van der Waals surface area contributed by atoms with Crippen LogP contribution in [-0.2, 0) is 14.8 Å². The van der Waals surface area contributed by atoms with Crippen molar-refractivity contribution in [1.82, 2.24) is 9.88 Å². The van der Waals surface area contributed by atoms with Gasteiger partial charge in [-0.1, -0.05) is 11.6 Å². The average Bonchev–Trinajstić information content (AvgIpc) is 2.73. The highest BCUT2D eigenvalue weighted by atomic mass is 35.5. The number of hydrogen-bond acceptors (Lipinski definition) is 6. The number of benzene rings is 1. The van der Waals surface area contributed by atoms with E-state index in [4.69, 9.17) is 21.5 Å². The highest BCUT2D eigenvalue weighted by molar-refractivity contribution is 7.89. The third kappa shape index (κ3) is 5.07. The fourth-order valence-electron chi connectivity index (χ4n) is 3.26. The van der Waals surface area contributed by atoms with Gasteiger partial charge in [0.2, 0.25) is 15.9 Å². The fraction of sp³-hybridized carbons (Fsp3) is 0.316. The van der Waals surface area contributed by atoms with Gasteiger partial charge in [-0.2, -0.15) is 0 Å². The Morgan fingerprint density at radius 1 is 1.30 bits per heavy atom. The van der Waals surface area contributed by atoms with Gasteiger partial charge in [-0.15, -0.1) is 0 Å². The third-order valence-corrected chi connectivity index (χ3v) is 5.92. The average molecular weight is 453 g/mol. The van der Waals surface area contributed by atoms with Crippen LogP contribution in [0, 0.1) is 5.92 Å². The molecule has 1 atom stereocenters. The molecule has 2 heterocycles. The van der Waals surface area contributed by atoms with Crippen LogP contribution in [0.15, 0.2) is 41.4 Å². The standard InChI is InChI=1S/C19H21ClN4O5S/c1-29-16-6-5-14(30(21,27)28)9-15(16)19(26)24-8-2-3-12(11-24)18(25)23-17-7-4-13(20)10-22-17/h4-7,9-10,12H,2-3,8,11H2,1H3,(H2,21,27,28)(H,22,23,25). The summed E-state index contributed by atoms with van der Waals surface area (Å²) in [6.07, 6.45) is 2.66. The van der Waals surface area contributed by atoms with E-state index in [0.29, 0.717) is 30.2 Å². The molecule has 2 amide bonds. The van der Waals surface area contributed by atoms with E-state index in [1.807, 2.05) is 0 Å². The number of nitrogens with one attached hydrogen (secondary N) is 1. The number of nitrogens with two attached hydrogens (primary N) is 1. The third-order valence-electron chi connectivity index (χ3n) is 4.79. The van der Waals surface area contributed by atoms with Crippen LogP contribution in [0.2, 0.25) is 5.02 Å². The molecule has 0 saturated carbocycles. The minimum atomic E-state index is -3.98. The number of piperidine rings is 1. The highest BCUT2D eigenvalue weighted by Gasteiger charge is 2.30. The molecule has 3 N–H and O–H groups in total. The number of sulfonamides is 1. The van der Waals surface area contributed by atoms with Crippen molar-refractivity contribution in [1.29, 1.82) is 0 Å². The first kappa shape index (κ1) is 22.0. The summed E-state index contributed by atoms with van der Waals surface area (Å²) in [7, 11) is -2.60. The van der Waals surface area contributed by atoms with Crippen molar-refractivity contribution in [3.8, 4) is 5.75 Å². The Bertz CT molecular complexity index is 1060. The fourth-order valence-corrected chi connectivity index (χ4v) is 3.91. The Hall–Kier alpha value is -2.69. The van der Waals surface area contributed by atoms with E-state index >= 15 is 0 Å². The maximum Gasteiger partial charge on any atom is 0.257 e. The molecule has 0 radical (unpaired) electrons. The van der Waals surface area contributed by atoms with Crippen LogP contribution in [0.5, 0.6) is 5.75 Å². The lowest BCUT2D eigenvalue weighted by atomic mass is 9.96. The summed E-state index contributed by atoms with van der Waals surface area (Å²) in [5.74, 6) is -0.528. The lowest BCUT2D eigenvalue weighted by Crippen LogP contribution is -2.44. The van der Waals surface area contributed by atoms with Gasteiger partial charge in [-0.25, -0.2) is 18.5 Å². The summed E-state index contributed by atoms with van der Waals surface area (Å²) >= 11 is 5.80. The smallest absolute Gasteiger partial charge is 0.257 e. The van der Waals surface area contributed by atoms with Crippen LogP contribution in [0.1, 0.15) is 23.2 Å². The lowest BCUT2D eigenvalue weighted by Gasteiger charge is -2.32. The normalized spacial score (nSPS) is 16.8. The molecule has 1 unspecified atom stereocenters. The van der Waals surface area contributed by atoms with E-state index < -0.39 is 21.8 Å². The second-order valence-electron chi connectivity index (χ2n) is 6.85. The zero-order valence-corrected chi connectivity index (χ0v) is 17.7. The number of ether oxygens (including phenoxy) is 1. The molecule has 1 fully saturated rings. The first-order chi connectivity index (χ1) is 14.2. The van der Waals surface area contributed by atoms with Crippen molar-refractivity contribution in [3.63, 3.8) is 0 Å². The molecule has 160 valence electrons. The predicted octanol–water partition coefficient (Wildman–Crippen LogP) is 1.88. The van der Waals surface area contributed by atoms with E-state index in [1.54, 1.807) is 12.1 Å². The number of halogens is 1. The maximum absolute atomic E-state index is 13.1.